The first-order valence-corrected chi connectivity index (χ1v) is 5.28. The highest BCUT2D eigenvalue weighted by Gasteiger charge is 2.07. The molecule has 6 heteroatoms. The third-order valence-electron chi connectivity index (χ3n) is 2.68. The number of pyridine rings is 1. The van der Waals surface area contributed by atoms with Gasteiger partial charge in [-0.05, 0) is 23.3 Å². The van der Waals surface area contributed by atoms with Gasteiger partial charge in [-0.25, -0.2) is 0 Å². The van der Waals surface area contributed by atoms with E-state index in [1.165, 1.54) is 6.07 Å². The maximum atomic E-state index is 10.7. The second-order valence-electron chi connectivity index (χ2n) is 3.82. The van der Waals surface area contributed by atoms with Crippen molar-refractivity contribution in [1.82, 2.24) is 14.6 Å². The standard InChI is InChI=1S/C12H8N4O2/c17-16(18)11-3-1-2-9(6-11)10-4-5-12-14-13-8-15(12)7-10/h1-8H. The molecule has 0 spiro atoms. The van der Waals surface area contributed by atoms with Crippen LogP contribution in [-0.2, 0) is 0 Å². The second-order valence-corrected chi connectivity index (χ2v) is 3.82. The van der Waals surface area contributed by atoms with E-state index in [2.05, 4.69) is 10.2 Å². The van der Waals surface area contributed by atoms with Crippen LogP contribution in [0, 0.1) is 10.1 Å². The smallest absolute Gasteiger partial charge is 0.270 e. The van der Waals surface area contributed by atoms with Gasteiger partial charge in [-0.2, -0.15) is 0 Å². The molecule has 0 aliphatic carbocycles. The molecular weight excluding hydrogens is 232 g/mol. The molecule has 0 N–H and O–H groups in total. The Labute approximate surface area is 102 Å². The van der Waals surface area contributed by atoms with Gasteiger partial charge in [-0.3, -0.25) is 14.5 Å². The summed E-state index contributed by atoms with van der Waals surface area (Å²) < 4.78 is 1.77. The molecule has 1 aromatic carbocycles. The topological polar surface area (TPSA) is 73.3 Å². The zero-order chi connectivity index (χ0) is 12.5. The highest BCUT2D eigenvalue weighted by atomic mass is 16.6. The Morgan fingerprint density at radius 1 is 1.17 bits per heavy atom. The molecule has 3 rings (SSSR count). The van der Waals surface area contributed by atoms with E-state index in [0.717, 1.165) is 16.8 Å². The van der Waals surface area contributed by atoms with Gasteiger partial charge in [0.2, 0.25) is 0 Å². The molecule has 0 unspecified atom stereocenters. The Bertz CT molecular complexity index is 736. The molecule has 2 aromatic heterocycles. The predicted molar refractivity (Wildman–Crippen MR) is 65.1 cm³/mol. The van der Waals surface area contributed by atoms with Crippen LogP contribution in [0.1, 0.15) is 0 Å². The molecule has 6 nitrogen and oxygen atoms in total. The van der Waals surface area contributed by atoms with Crippen molar-refractivity contribution in [2.45, 2.75) is 0 Å². The molecule has 0 aliphatic rings. The molecule has 2 heterocycles. The zero-order valence-electron chi connectivity index (χ0n) is 9.22. The zero-order valence-corrected chi connectivity index (χ0v) is 9.22. The minimum atomic E-state index is -0.402. The normalized spacial score (nSPS) is 10.7. The molecule has 0 saturated carbocycles. The van der Waals surface area contributed by atoms with Crippen LogP contribution in [0.15, 0.2) is 48.9 Å². The highest BCUT2D eigenvalue weighted by Crippen LogP contribution is 2.23. The average Bonchev–Trinajstić information content (AvgIpc) is 2.86. The number of aromatic nitrogens is 3. The summed E-state index contributed by atoms with van der Waals surface area (Å²) in [6, 6.07) is 10.2. The molecule has 0 atom stereocenters. The number of rotatable bonds is 2. The summed E-state index contributed by atoms with van der Waals surface area (Å²) in [6.45, 7) is 0. The molecule has 0 aliphatic heterocycles. The van der Waals surface area contributed by atoms with Gasteiger partial charge in [0.1, 0.15) is 6.33 Å². The van der Waals surface area contributed by atoms with Crippen LogP contribution in [0.4, 0.5) is 5.69 Å². The molecule has 0 fully saturated rings. The first-order valence-electron chi connectivity index (χ1n) is 5.28. The summed E-state index contributed by atoms with van der Waals surface area (Å²) in [7, 11) is 0. The Morgan fingerprint density at radius 3 is 2.89 bits per heavy atom. The van der Waals surface area contributed by atoms with Crippen LogP contribution < -0.4 is 0 Å². The van der Waals surface area contributed by atoms with E-state index in [1.54, 1.807) is 22.9 Å². The van der Waals surface area contributed by atoms with Crippen LogP contribution in [0.25, 0.3) is 16.8 Å². The molecule has 88 valence electrons. The number of nitro benzene ring substituents is 1. The summed E-state index contributed by atoms with van der Waals surface area (Å²) in [6.07, 6.45) is 3.44. The third-order valence-corrected chi connectivity index (χ3v) is 2.68. The first kappa shape index (κ1) is 10.4. The van der Waals surface area contributed by atoms with E-state index in [4.69, 9.17) is 0 Å². The molecule has 0 radical (unpaired) electrons. The Balaban J connectivity index is 2.13. The summed E-state index contributed by atoms with van der Waals surface area (Å²) in [5.41, 5.74) is 2.49. The van der Waals surface area contributed by atoms with Gasteiger partial charge in [0, 0.05) is 18.3 Å². The largest absolute Gasteiger partial charge is 0.288 e. The molecule has 0 bridgehead atoms. The lowest BCUT2D eigenvalue weighted by Crippen LogP contribution is -1.89. The molecule has 0 saturated heterocycles. The maximum Gasteiger partial charge on any atom is 0.270 e. The Kier molecular flexibility index (Phi) is 2.26. The van der Waals surface area contributed by atoms with E-state index in [0.29, 0.717) is 0 Å². The number of nitro groups is 1. The van der Waals surface area contributed by atoms with Gasteiger partial charge < -0.3 is 0 Å². The van der Waals surface area contributed by atoms with Gasteiger partial charge in [0.05, 0.1) is 4.92 Å². The molecule has 3 aromatic rings. The lowest BCUT2D eigenvalue weighted by Gasteiger charge is -2.02. The quantitative estimate of drug-likeness (QED) is 0.509. The Morgan fingerprint density at radius 2 is 2.06 bits per heavy atom. The number of benzene rings is 1. The SMILES string of the molecule is O=[N+]([O-])c1cccc(-c2ccc3nncn3c2)c1. The van der Waals surface area contributed by atoms with Crippen LogP contribution in [0.5, 0.6) is 0 Å². The number of nitrogens with zero attached hydrogens (tertiary/aromatic N) is 4. The summed E-state index contributed by atoms with van der Waals surface area (Å²) >= 11 is 0. The van der Waals surface area contributed by atoms with Crippen LogP contribution in [0.2, 0.25) is 0 Å². The average molecular weight is 240 g/mol. The van der Waals surface area contributed by atoms with Gasteiger partial charge in [-0.1, -0.05) is 12.1 Å². The maximum absolute atomic E-state index is 10.7. The van der Waals surface area contributed by atoms with Crippen molar-refractivity contribution in [2.75, 3.05) is 0 Å². The fourth-order valence-electron chi connectivity index (χ4n) is 1.80. The second kappa shape index (κ2) is 3.92. The molecular formula is C12H8N4O2. The monoisotopic (exact) mass is 240 g/mol. The molecule has 18 heavy (non-hydrogen) atoms. The van der Waals surface area contributed by atoms with Crippen molar-refractivity contribution in [1.29, 1.82) is 0 Å². The summed E-state index contributed by atoms with van der Waals surface area (Å²) in [5, 5.41) is 18.4. The minimum absolute atomic E-state index is 0.0800. The Hall–Kier alpha value is -2.76. The van der Waals surface area contributed by atoms with Crippen molar-refractivity contribution in [3.63, 3.8) is 0 Å². The van der Waals surface area contributed by atoms with Crippen molar-refractivity contribution >= 4 is 11.3 Å². The van der Waals surface area contributed by atoms with E-state index in [-0.39, 0.29) is 5.69 Å². The number of hydrogen-bond acceptors (Lipinski definition) is 4. The van der Waals surface area contributed by atoms with E-state index < -0.39 is 4.92 Å². The van der Waals surface area contributed by atoms with Crippen molar-refractivity contribution in [3.8, 4) is 11.1 Å². The van der Waals surface area contributed by atoms with E-state index >= 15 is 0 Å². The predicted octanol–water partition coefficient (Wildman–Crippen LogP) is 2.30. The summed E-state index contributed by atoms with van der Waals surface area (Å²) in [5.74, 6) is 0. The lowest BCUT2D eigenvalue weighted by molar-refractivity contribution is -0.384. The van der Waals surface area contributed by atoms with E-state index in [9.17, 15) is 10.1 Å². The number of non-ortho nitro benzene ring substituents is 1. The number of fused-ring (bicyclic) bond motifs is 1. The fraction of sp³-hybridized carbons (Fsp3) is 0. The van der Waals surface area contributed by atoms with Crippen LogP contribution in [-0.4, -0.2) is 19.5 Å². The van der Waals surface area contributed by atoms with Gasteiger partial charge in [-0.15, -0.1) is 10.2 Å². The fourth-order valence-corrected chi connectivity index (χ4v) is 1.80. The van der Waals surface area contributed by atoms with Crippen molar-refractivity contribution in [2.24, 2.45) is 0 Å². The van der Waals surface area contributed by atoms with Crippen LogP contribution >= 0.6 is 0 Å². The first-order chi connectivity index (χ1) is 8.74. The molecule has 0 amide bonds. The lowest BCUT2D eigenvalue weighted by atomic mass is 10.1. The van der Waals surface area contributed by atoms with Gasteiger partial charge in [0.15, 0.2) is 5.65 Å². The summed E-state index contributed by atoms with van der Waals surface area (Å²) in [4.78, 5) is 10.3. The third kappa shape index (κ3) is 1.69. The van der Waals surface area contributed by atoms with Gasteiger partial charge >= 0.3 is 0 Å². The number of hydrogen-bond donors (Lipinski definition) is 0. The van der Waals surface area contributed by atoms with Gasteiger partial charge in [0.25, 0.3) is 5.69 Å². The van der Waals surface area contributed by atoms with Crippen molar-refractivity contribution in [3.05, 3.63) is 59.0 Å². The van der Waals surface area contributed by atoms with E-state index in [1.807, 2.05) is 24.4 Å². The minimum Gasteiger partial charge on any atom is -0.288 e. The van der Waals surface area contributed by atoms with Crippen molar-refractivity contribution < 1.29 is 4.92 Å². The van der Waals surface area contributed by atoms with Crippen LogP contribution in [0.3, 0.4) is 0 Å². The highest BCUT2D eigenvalue weighted by molar-refractivity contribution is 5.66.